The predicted octanol–water partition coefficient (Wildman–Crippen LogP) is 4.55. The number of aromatic nitrogens is 4. The summed E-state index contributed by atoms with van der Waals surface area (Å²) >= 11 is 1.35. The lowest BCUT2D eigenvalue weighted by Gasteiger charge is -2.18. The molecule has 3 rings (SSSR count). The number of nitrogens with zero attached hydrogens (tertiary/aromatic N) is 4. The molecule has 1 heterocycles. The number of carbonyl (C=O) groups excluding carboxylic acids is 1. The molecule has 0 saturated heterocycles. The number of hydrogen-bond acceptors (Lipinski definition) is 5. The number of thioether (sulfide) groups is 1. The minimum Gasteiger partial charge on any atom is -0.293 e. The van der Waals surface area contributed by atoms with Gasteiger partial charge in [-0.25, -0.2) is 0 Å². The third-order valence-corrected chi connectivity index (χ3v) is 5.50. The molecule has 3 aromatic rings. The van der Waals surface area contributed by atoms with E-state index < -0.39 is 0 Å². The molecule has 6 heteroatoms. The maximum Gasteiger partial charge on any atom is 0.214 e. The molecular formula is C21H24N4OS. The smallest absolute Gasteiger partial charge is 0.214 e. The van der Waals surface area contributed by atoms with Gasteiger partial charge in [0, 0.05) is 5.56 Å². The predicted molar refractivity (Wildman–Crippen MR) is 109 cm³/mol. The van der Waals surface area contributed by atoms with Gasteiger partial charge >= 0.3 is 0 Å². The summed E-state index contributed by atoms with van der Waals surface area (Å²) in [5.74, 6) is 0.357. The lowest BCUT2D eigenvalue weighted by Crippen LogP contribution is -2.11. The first-order valence-electron chi connectivity index (χ1n) is 8.88. The second kappa shape index (κ2) is 7.64. The van der Waals surface area contributed by atoms with Crippen LogP contribution in [0.5, 0.6) is 0 Å². The molecule has 2 aromatic carbocycles. The van der Waals surface area contributed by atoms with Gasteiger partial charge in [-0.05, 0) is 58.5 Å². The maximum absolute atomic E-state index is 12.5. The highest BCUT2D eigenvalue weighted by molar-refractivity contribution is 7.99. The average Bonchev–Trinajstić information content (AvgIpc) is 3.10. The number of rotatable bonds is 5. The second-order valence-electron chi connectivity index (χ2n) is 7.68. The highest BCUT2D eigenvalue weighted by Gasteiger charge is 2.16. The lowest BCUT2D eigenvalue weighted by atomic mass is 9.86. The number of ketones is 1. The first kappa shape index (κ1) is 19.3. The maximum atomic E-state index is 12.5. The Morgan fingerprint density at radius 2 is 1.74 bits per heavy atom. The van der Waals surface area contributed by atoms with Gasteiger partial charge in [0.15, 0.2) is 5.78 Å². The third-order valence-electron chi connectivity index (χ3n) is 4.58. The number of tetrazole rings is 1. The van der Waals surface area contributed by atoms with Crippen LogP contribution in [0.15, 0.2) is 47.6 Å². The number of hydrogen-bond donors (Lipinski definition) is 0. The van der Waals surface area contributed by atoms with Gasteiger partial charge in [-0.1, -0.05) is 62.9 Å². The fourth-order valence-corrected chi connectivity index (χ4v) is 3.44. The highest BCUT2D eigenvalue weighted by Crippen LogP contribution is 2.24. The summed E-state index contributed by atoms with van der Waals surface area (Å²) in [6.07, 6.45) is 0. The van der Waals surface area contributed by atoms with Gasteiger partial charge in [-0.15, -0.1) is 5.10 Å². The summed E-state index contributed by atoms with van der Waals surface area (Å²) < 4.78 is 1.67. The normalized spacial score (nSPS) is 11.6. The van der Waals surface area contributed by atoms with Gasteiger partial charge in [0.1, 0.15) is 0 Å². The molecule has 0 aliphatic rings. The molecule has 0 fully saturated rings. The van der Waals surface area contributed by atoms with Crippen molar-refractivity contribution in [1.82, 2.24) is 20.2 Å². The van der Waals surface area contributed by atoms with Gasteiger partial charge < -0.3 is 0 Å². The van der Waals surface area contributed by atoms with Crippen LogP contribution in [0.1, 0.15) is 47.8 Å². The fourth-order valence-electron chi connectivity index (χ4n) is 2.66. The Bertz CT molecular complexity index is 955. The largest absolute Gasteiger partial charge is 0.293 e. The average molecular weight is 381 g/mol. The lowest BCUT2D eigenvalue weighted by molar-refractivity contribution is 0.102. The molecule has 5 nitrogen and oxygen atoms in total. The standard InChI is InChI=1S/C21H24N4OS/c1-14-6-11-18(12-15(14)2)25-20(22-23-24-25)27-13-19(26)16-7-9-17(10-8-16)21(3,4)5/h6-12H,13H2,1-5H3. The zero-order chi connectivity index (χ0) is 19.6. The SMILES string of the molecule is Cc1ccc(-n2nnnc2SCC(=O)c2ccc(C(C)(C)C)cc2)cc1C. The monoisotopic (exact) mass is 380 g/mol. The van der Waals surface area contributed by atoms with E-state index in [-0.39, 0.29) is 11.2 Å². The van der Waals surface area contributed by atoms with Gasteiger partial charge in [0.25, 0.3) is 0 Å². The summed E-state index contributed by atoms with van der Waals surface area (Å²) in [6.45, 7) is 10.6. The van der Waals surface area contributed by atoms with Crippen molar-refractivity contribution >= 4 is 17.5 Å². The fraction of sp³-hybridized carbons (Fsp3) is 0.333. The van der Waals surface area contributed by atoms with Gasteiger partial charge in [-0.3, -0.25) is 4.79 Å². The molecular weight excluding hydrogens is 356 g/mol. The van der Waals surface area contributed by atoms with Gasteiger partial charge in [0.2, 0.25) is 5.16 Å². The van der Waals surface area contributed by atoms with Crippen LogP contribution in [-0.4, -0.2) is 31.7 Å². The summed E-state index contributed by atoms with van der Waals surface area (Å²) in [7, 11) is 0. The van der Waals surface area contributed by atoms with Gasteiger partial charge in [0.05, 0.1) is 11.4 Å². The number of aryl methyl sites for hydroxylation is 2. The Kier molecular flexibility index (Phi) is 5.46. The van der Waals surface area contributed by atoms with Crippen LogP contribution >= 0.6 is 11.8 Å². The first-order valence-corrected chi connectivity index (χ1v) is 9.87. The number of benzene rings is 2. The van der Waals surface area contributed by atoms with Crippen molar-refractivity contribution in [3.8, 4) is 5.69 Å². The van der Waals surface area contributed by atoms with Crippen LogP contribution in [0.25, 0.3) is 5.69 Å². The van der Waals surface area contributed by atoms with Crippen molar-refractivity contribution in [2.75, 3.05) is 5.75 Å². The molecule has 0 bridgehead atoms. The Balaban J connectivity index is 1.71. The van der Waals surface area contributed by atoms with Crippen LogP contribution in [0.2, 0.25) is 0 Å². The Morgan fingerprint density at radius 3 is 2.37 bits per heavy atom. The van der Waals surface area contributed by atoms with E-state index in [2.05, 4.69) is 50.1 Å². The van der Waals surface area contributed by atoms with E-state index in [9.17, 15) is 4.79 Å². The van der Waals surface area contributed by atoms with Crippen LogP contribution in [-0.2, 0) is 5.41 Å². The molecule has 0 spiro atoms. The van der Waals surface area contributed by atoms with Crippen molar-refractivity contribution in [2.45, 2.75) is 45.2 Å². The Labute approximate surface area is 164 Å². The van der Waals surface area contributed by atoms with E-state index >= 15 is 0 Å². The molecule has 0 aliphatic carbocycles. The molecule has 0 radical (unpaired) electrons. The Hall–Kier alpha value is -2.47. The van der Waals surface area contributed by atoms with Crippen molar-refractivity contribution in [3.63, 3.8) is 0 Å². The van der Waals surface area contributed by atoms with Crippen molar-refractivity contribution < 1.29 is 4.79 Å². The molecule has 0 saturated carbocycles. The topological polar surface area (TPSA) is 60.7 Å². The minimum atomic E-state index is 0.0649. The summed E-state index contributed by atoms with van der Waals surface area (Å²) in [6, 6.07) is 13.9. The third kappa shape index (κ3) is 4.45. The van der Waals surface area contributed by atoms with E-state index in [1.54, 1.807) is 4.68 Å². The molecule has 0 atom stereocenters. The molecule has 1 aromatic heterocycles. The van der Waals surface area contributed by atoms with Crippen LogP contribution in [0.3, 0.4) is 0 Å². The van der Waals surface area contributed by atoms with E-state index in [0.717, 1.165) is 5.69 Å². The van der Waals surface area contributed by atoms with Crippen molar-refractivity contribution in [1.29, 1.82) is 0 Å². The summed E-state index contributed by atoms with van der Waals surface area (Å²) in [5.41, 5.74) is 5.28. The zero-order valence-corrected chi connectivity index (χ0v) is 17.2. The molecule has 27 heavy (non-hydrogen) atoms. The van der Waals surface area contributed by atoms with E-state index in [1.165, 1.54) is 28.5 Å². The van der Waals surface area contributed by atoms with Gasteiger partial charge in [-0.2, -0.15) is 4.68 Å². The summed E-state index contributed by atoms with van der Waals surface area (Å²) in [5, 5.41) is 12.5. The Morgan fingerprint density at radius 1 is 1.04 bits per heavy atom. The van der Waals surface area contributed by atoms with E-state index in [4.69, 9.17) is 0 Å². The number of Topliss-reactive ketones (excluding diaryl/α,β-unsaturated/α-hetero) is 1. The van der Waals surface area contributed by atoms with Crippen molar-refractivity contribution in [2.24, 2.45) is 0 Å². The number of carbonyl (C=O) groups is 1. The molecule has 140 valence electrons. The second-order valence-corrected chi connectivity index (χ2v) is 8.62. The van der Waals surface area contributed by atoms with E-state index in [0.29, 0.717) is 16.5 Å². The molecule has 0 amide bonds. The quantitative estimate of drug-likeness (QED) is 0.480. The molecule has 0 aliphatic heterocycles. The summed E-state index contributed by atoms with van der Waals surface area (Å²) in [4.78, 5) is 12.5. The zero-order valence-electron chi connectivity index (χ0n) is 16.4. The van der Waals surface area contributed by atoms with Crippen LogP contribution in [0, 0.1) is 13.8 Å². The van der Waals surface area contributed by atoms with Crippen LogP contribution in [0.4, 0.5) is 0 Å². The molecule has 0 N–H and O–H groups in total. The molecule has 0 unspecified atom stereocenters. The van der Waals surface area contributed by atoms with E-state index in [1.807, 2.05) is 42.5 Å². The van der Waals surface area contributed by atoms with Crippen molar-refractivity contribution in [3.05, 3.63) is 64.7 Å². The van der Waals surface area contributed by atoms with Crippen LogP contribution < -0.4 is 0 Å². The minimum absolute atomic E-state index is 0.0649. The highest BCUT2D eigenvalue weighted by atomic mass is 32.2. The first-order chi connectivity index (χ1) is 12.8.